The van der Waals surface area contributed by atoms with Crippen LogP contribution in [0.2, 0.25) is 0 Å². The number of carbonyl (C=O) groups is 4. The Balaban J connectivity index is 1.04. The van der Waals surface area contributed by atoms with Crippen molar-refractivity contribution in [3.63, 3.8) is 0 Å². The van der Waals surface area contributed by atoms with Crippen molar-refractivity contribution in [3.05, 3.63) is 82.5 Å². The van der Waals surface area contributed by atoms with Crippen LogP contribution >= 0.6 is 0 Å². The third-order valence-corrected chi connectivity index (χ3v) is 10.3. The first kappa shape index (κ1) is 37.2. The van der Waals surface area contributed by atoms with Gasteiger partial charge in [-0.1, -0.05) is 12.2 Å². The average Bonchev–Trinajstić information content (AvgIpc) is 3.96. The van der Waals surface area contributed by atoms with Crippen molar-refractivity contribution in [3.8, 4) is 11.5 Å². The number of hydrogen-bond acceptors (Lipinski definition) is 10. The van der Waals surface area contributed by atoms with E-state index in [1.165, 1.54) is 6.92 Å². The van der Waals surface area contributed by atoms with Crippen LogP contribution < -0.4 is 25.8 Å². The van der Waals surface area contributed by atoms with Crippen molar-refractivity contribution in [2.24, 2.45) is 5.73 Å². The maximum Gasteiger partial charge on any atom is 0.276 e. The van der Waals surface area contributed by atoms with Crippen molar-refractivity contribution in [1.29, 1.82) is 0 Å². The highest BCUT2D eigenvalue weighted by Crippen LogP contribution is 2.40. The number of imidazole rings is 2. The number of allylic oxidation sites excluding steroid dienone is 2. The lowest BCUT2D eigenvalue weighted by Crippen LogP contribution is -2.26. The summed E-state index contributed by atoms with van der Waals surface area (Å²) in [4.78, 5) is 61.1. The van der Waals surface area contributed by atoms with E-state index in [9.17, 15) is 19.2 Å². The van der Waals surface area contributed by atoms with Gasteiger partial charge in [-0.3, -0.25) is 43.7 Å². The summed E-state index contributed by atoms with van der Waals surface area (Å²) in [5.74, 6) is 0.273. The third-order valence-electron chi connectivity index (χ3n) is 10.3. The lowest BCUT2D eigenvalue weighted by molar-refractivity contribution is 0.0994. The molecule has 6 aromatic rings. The average molecular weight is 774 g/mol. The highest BCUT2D eigenvalue weighted by molar-refractivity contribution is 6.05. The van der Waals surface area contributed by atoms with Crippen LogP contribution in [0.5, 0.6) is 11.5 Å². The number of hydrogen-bond donors (Lipinski definition) is 3. The summed E-state index contributed by atoms with van der Waals surface area (Å²) in [5.41, 5.74) is 11.0. The van der Waals surface area contributed by atoms with Gasteiger partial charge in [0.05, 0.1) is 34.5 Å². The molecule has 2 aliphatic rings. The molecule has 2 aliphatic heterocycles. The van der Waals surface area contributed by atoms with E-state index in [2.05, 4.69) is 33.0 Å². The minimum atomic E-state index is -0.609. The number of primary amides is 1. The fourth-order valence-electron chi connectivity index (χ4n) is 7.68. The lowest BCUT2D eigenvalue weighted by atomic mass is 10.1. The fraction of sp³-hybridized carbons (Fsp3) is 0.350. The number of aromatic nitrogens is 8. The molecule has 0 unspecified atom stereocenters. The lowest BCUT2D eigenvalue weighted by Gasteiger charge is -2.27. The molecule has 2 aromatic carbocycles. The van der Waals surface area contributed by atoms with Crippen LogP contribution in [0.4, 0.5) is 11.9 Å². The van der Waals surface area contributed by atoms with E-state index < -0.39 is 5.91 Å². The Morgan fingerprint density at radius 1 is 0.754 bits per heavy atom. The molecule has 8 rings (SSSR count). The first-order chi connectivity index (χ1) is 27.4. The number of aryl methyl sites for hydroxylation is 4. The van der Waals surface area contributed by atoms with E-state index in [0.29, 0.717) is 101 Å². The summed E-state index contributed by atoms with van der Waals surface area (Å²) in [6.45, 7) is 10.6. The van der Waals surface area contributed by atoms with Gasteiger partial charge < -0.3 is 19.8 Å². The minimum Gasteiger partial charge on any atom is -0.489 e. The molecule has 57 heavy (non-hydrogen) atoms. The molecule has 0 fully saturated rings. The molecule has 0 radical (unpaired) electrons. The van der Waals surface area contributed by atoms with Gasteiger partial charge in [0.25, 0.3) is 11.8 Å². The normalized spacial score (nSPS) is 15.9. The molecule has 0 saturated carbocycles. The van der Waals surface area contributed by atoms with E-state index in [4.69, 9.17) is 25.2 Å². The Morgan fingerprint density at radius 3 is 1.79 bits per heavy atom. The Labute approximate surface area is 326 Å². The number of amides is 3. The number of rotatable bonds is 13. The van der Waals surface area contributed by atoms with Crippen LogP contribution in [0.1, 0.15) is 105 Å². The summed E-state index contributed by atoms with van der Waals surface area (Å²) >= 11 is 0. The zero-order valence-corrected chi connectivity index (χ0v) is 32.3. The van der Waals surface area contributed by atoms with Gasteiger partial charge in [0.1, 0.15) is 47.1 Å². The number of benzene rings is 2. The predicted molar refractivity (Wildman–Crippen MR) is 211 cm³/mol. The molecular weight excluding hydrogens is 731 g/mol. The molecule has 4 N–H and O–H groups in total. The van der Waals surface area contributed by atoms with Crippen molar-refractivity contribution in [1.82, 2.24) is 38.7 Å². The minimum absolute atomic E-state index is 0.112. The van der Waals surface area contributed by atoms with Gasteiger partial charge in [-0.15, -0.1) is 0 Å². The maximum atomic E-state index is 13.6. The largest absolute Gasteiger partial charge is 0.489 e. The van der Waals surface area contributed by atoms with Crippen LogP contribution in [0.15, 0.2) is 48.6 Å². The maximum absolute atomic E-state index is 13.6. The molecule has 6 heterocycles. The molecule has 0 bridgehead atoms. The highest BCUT2D eigenvalue weighted by Gasteiger charge is 2.31. The van der Waals surface area contributed by atoms with Crippen LogP contribution in [-0.4, -0.2) is 75.4 Å². The van der Waals surface area contributed by atoms with Crippen molar-refractivity contribution in [2.75, 3.05) is 23.8 Å². The van der Waals surface area contributed by atoms with E-state index >= 15 is 0 Å². The number of nitrogens with one attached hydrogen (secondary N) is 2. The standard InChI is InChI=1S/C40H43N11O6/c1-6-48-30(13-21(3)46-48)37(54)44-39-42-28-15-24(23(5)52)17-32-34(28)50(39)26(19-56-32)11-9-8-10-12-27-20-57-33-18-25(36(41)53)16-29-35(33)51(27)40(43-29)45-38(55)31-14-22(4)47-49(31)7-2/h8,10,13-18,26-27H,6-7,9,11-12,19-20H2,1-5H3,(H2,41,53)(H,42,44,54)(H,43,45,55)/t26-,27-/m0/s1. The second-order valence-electron chi connectivity index (χ2n) is 14.3. The van der Waals surface area contributed by atoms with Gasteiger partial charge in [0, 0.05) is 24.2 Å². The molecule has 17 nitrogen and oxygen atoms in total. The summed E-state index contributed by atoms with van der Waals surface area (Å²) in [5, 5.41) is 14.8. The summed E-state index contributed by atoms with van der Waals surface area (Å²) in [6, 6.07) is 9.71. The fourth-order valence-corrected chi connectivity index (χ4v) is 7.68. The predicted octanol–water partition coefficient (Wildman–Crippen LogP) is 5.54. The first-order valence-corrected chi connectivity index (χ1v) is 19.0. The third kappa shape index (κ3) is 6.78. The van der Waals surface area contributed by atoms with Gasteiger partial charge in [0.2, 0.25) is 17.8 Å². The van der Waals surface area contributed by atoms with Crippen LogP contribution in [0, 0.1) is 13.8 Å². The molecule has 3 amide bonds. The highest BCUT2D eigenvalue weighted by atomic mass is 16.5. The molecule has 0 aliphatic carbocycles. The second kappa shape index (κ2) is 14.7. The molecule has 17 heteroatoms. The van der Waals surface area contributed by atoms with E-state index in [0.717, 1.165) is 11.4 Å². The van der Waals surface area contributed by atoms with Crippen molar-refractivity contribution < 1.29 is 28.7 Å². The topological polar surface area (TPSA) is 208 Å². The summed E-state index contributed by atoms with van der Waals surface area (Å²) < 4.78 is 19.6. The molecule has 2 atom stereocenters. The van der Waals surface area contributed by atoms with Gasteiger partial charge in [-0.2, -0.15) is 10.2 Å². The van der Waals surface area contributed by atoms with Gasteiger partial charge >= 0.3 is 0 Å². The monoisotopic (exact) mass is 773 g/mol. The number of carbonyl (C=O) groups excluding carboxylic acids is 4. The second-order valence-corrected chi connectivity index (χ2v) is 14.3. The first-order valence-electron chi connectivity index (χ1n) is 19.0. The number of ketones is 1. The quantitative estimate of drug-likeness (QED) is 0.0987. The molecule has 4 aromatic heterocycles. The number of nitrogens with two attached hydrogens (primary N) is 1. The molecule has 0 saturated heterocycles. The van der Waals surface area contributed by atoms with Gasteiger partial charge in [0.15, 0.2) is 5.78 Å². The Kier molecular flexibility index (Phi) is 9.59. The summed E-state index contributed by atoms with van der Waals surface area (Å²) in [7, 11) is 0. The Bertz CT molecular complexity index is 2640. The zero-order valence-electron chi connectivity index (χ0n) is 32.3. The Hall–Kier alpha value is -6.78. The number of nitrogens with zero attached hydrogens (tertiary/aromatic N) is 8. The molecular formula is C40H43N11O6. The van der Waals surface area contributed by atoms with E-state index in [-0.39, 0.29) is 41.9 Å². The van der Waals surface area contributed by atoms with E-state index in [1.807, 2.05) is 36.8 Å². The number of Topliss-reactive ketones (excluding diaryl/α,β-unsaturated/α-hetero) is 1. The van der Waals surface area contributed by atoms with Gasteiger partial charge in [-0.05, 0) is 90.3 Å². The van der Waals surface area contributed by atoms with Crippen LogP contribution in [-0.2, 0) is 13.1 Å². The Morgan fingerprint density at radius 2 is 1.26 bits per heavy atom. The number of ether oxygens (including phenoxy) is 2. The molecule has 0 spiro atoms. The van der Waals surface area contributed by atoms with Crippen molar-refractivity contribution >= 4 is 57.5 Å². The number of anilines is 2. The van der Waals surface area contributed by atoms with Gasteiger partial charge in [-0.25, -0.2) is 9.97 Å². The zero-order chi connectivity index (χ0) is 40.1. The van der Waals surface area contributed by atoms with Crippen molar-refractivity contribution in [2.45, 2.75) is 79.1 Å². The smallest absolute Gasteiger partial charge is 0.276 e. The molecule has 294 valence electrons. The SMILES string of the molecule is CCn1nc(C)cc1C(=O)Nc1nc2cc(C(N)=O)cc3c2n1[C@@H](CC=CCC[C@H]1COc2cc(C(C)=O)cc4nc(NC(=O)c5cc(C)nn5CC)n1c24)CO3. The van der Waals surface area contributed by atoms with Crippen LogP contribution in [0.25, 0.3) is 22.1 Å². The summed E-state index contributed by atoms with van der Waals surface area (Å²) in [6.07, 6.45) is 6.03. The van der Waals surface area contributed by atoms with E-state index in [1.54, 1.807) is 45.8 Å². The van der Waals surface area contributed by atoms with Crippen LogP contribution in [0.3, 0.4) is 0 Å².